The molecule has 22 heavy (non-hydrogen) atoms. The van der Waals surface area contributed by atoms with Gasteiger partial charge < -0.3 is 9.16 Å². The van der Waals surface area contributed by atoms with Gasteiger partial charge in [-0.25, -0.2) is 0 Å². The molecule has 0 N–H and O–H groups in total. The Balaban J connectivity index is 5.40. The Hall–Kier alpha value is -0.443. The van der Waals surface area contributed by atoms with Crippen LogP contribution in [0.4, 0.5) is 0 Å². The highest BCUT2D eigenvalue weighted by atomic mass is 32.2. The maximum atomic E-state index is 11.3. The van der Waals surface area contributed by atoms with Crippen molar-refractivity contribution in [3.05, 3.63) is 0 Å². The molecule has 0 aliphatic rings. The molecule has 0 heterocycles. The molecule has 8 heteroatoms. The van der Waals surface area contributed by atoms with Crippen molar-refractivity contribution >= 4 is 24.4 Å². The quantitative estimate of drug-likeness (QED) is 0.274. The summed E-state index contributed by atoms with van der Waals surface area (Å²) in [6, 6.07) is 0. The van der Waals surface area contributed by atoms with Crippen molar-refractivity contribution in [2.24, 2.45) is 0 Å². The van der Waals surface area contributed by atoms with Crippen LogP contribution < -0.4 is 0 Å². The highest BCUT2D eigenvalue weighted by Gasteiger charge is 2.47. The van der Waals surface area contributed by atoms with Crippen LogP contribution in [0.5, 0.6) is 0 Å². The molecule has 0 radical (unpaired) electrons. The fourth-order valence-corrected chi connectivity index (χ4v) is 8.84. The summed E-state index contributed by atoms with van der Waals surface area (Å²) in [7, 11) is -5.93. The summed E-state index contributed by atoms with van der Waals surface area (Å²) < 4.78 is 38.5. The van der Waals surface area contributed by atoms with Gasteiger partial charge in [-0.2, -0.15) is 8.42 Å². The van der Waals surface area contributed by atoms with Crippen LogP contribution in [0.2, 0.25) is 16.6 Å². The summed E-state index contributed by atoms with van der Waals surface area (Å²) in [6.07, 6.45) is -0.0540. The average Bonchev–Trinajstić information content (AvgIpc) is 2.29. The molecule has 1 atom stereocenters. The maximum Gasteiger partial charge on any atom is 0.304 e. The van der Waals surface area contributed by atoms with E-state index in [1.807, 2.05) is 0 Å². The predicted octanol–water partition coefficient (Wildman–Crippen LogP) is 3.04. The zero-order valence-electron chi connectivity index (χ0n) is 14.9. The van der Waals surface area contributed by atoms with Crippen LogP contribution in [-0.2, 0) is 28.3 Å². The molecule has 0 spiro atoms. The van der Waals surface area contributed by atoms with Crippen LogP contribution in [0.1, 0.15) is 48.5 Å². The Kier molecular flexibility index (Phi) is 8.25. The number of hydrogen-bond donors (Lipinski definition) is 0. The van der Waals surface area contributed by atoms with E-state index in [4.69, 9.17) is 13.3 Å². The lowest BCUT2D eigenvalue weighted by molar-refractivity contribution is -0.166. The molecule has 0 bridgehead atoms. The third-order valence-electron chi connectivity index (χ3n) is 3.76. The standard InChI is InChI=1S/C14H30O6SSi/c1-10(2)22(11(3)4,12(5)6)20-14(19-13(7)15)9-18-21(8,16)17/h10-12,14H,9H2,1-8H3. The SMILES string of the molecule is CC(=O)OC(COS(C)(=O)=O)O[Si](C(C)C)(C(C)C)C(C)C. The normalized spacial score (nSPS) is 14.7. The Labute approximate surface area is 135 Å². The molecular formula is C14H30O6SSi. The Bertz CT molecular complexity index is 436. The highest BCUT2D eigenvalue weighted by Crippen LogP contribution is 2.43. The summed E-state index contributed by atoms with van der Waals surface area (Å²) in [5.74, 6) is -0.527. The monoisotopic (exact) mass is 354 g/mol. The summed E-state index contributed by atoms with van der Waals surface area (Å²) in [5.41, 5.74) is 0.844. The Morgan fingerprint density at radius 3 is 1.68 bits per heavy atom. The molecule has 0 aromatic heterocycles. The van der Waals surface area contributed by atoms with E-state index in [0.717, 1.165) is 6.26 Å². The number of carbonyl (C=O) groups is 1. The number of carbonyl (C=O) groups excluding carboxylic acids is 1. The van der Waals surface area contributed by atoms with Crippen molar-refractivity contribution in [2.75, 3.05) is 12.9 Å². The van der Waals surface area contributed by atoms with E-state index < -0.39 is 30.7 Å². The second kappa shape index (κ2) is 8.42. The van der Waals surface area contributed by atoms with Gasteiger partial charge in [0.1, 0.15) is 6.61 Å². The highest BCUT2D eigenvalue weighted by molar-refractivity contribution is 7.85. The van der Waals surface area contributed by atoms with E-state index in [1.165, 1.54) is 6.92 Å². The minimum absolute atomic E-state index is 0.281. The maximum absolute atomic E-state index is 11.3. The van der Waals surface area contributed by atoms with Crippen LogP contribution in [-0.4, -0.2) is 41.9 Å². The Morgan fingerprint density at radius 1 is 1.00 bits per heavy atom. The van der Waals surface area contributed by atoms with Gasteiger partial charge in [-0.3, -0.25) is 8.98 Å². The lowest BCUT2D eigenvalue weighted by atomic mass is 10.5. The summed E-state index contributed by atoms with van der Waals surface area (Å²) in [4.78, 5) is 11.3. The smallest absolute Gasteiger partial charge is 0.304 e. The van der Waals surface area contributed by atoms with Crippen molar-refractivity contribution in [1.82, 2.24) is 0 Å². The van der Waals surface area contributed by atoms with Crippen LogP contribution in [0.15, 0.2) is 0 Å². The second-order valence-electron chi connectivity index (χ2n) is 6.46. The summed E-state index contributed by atoms with van der Waals surface area (Å²) in [5, 5.41) is 0. The van der Waals surface area contributed by atoms with E-state index in [2.05, 4.69) is 41.5 Å². The molecule has 0 aromatic carbocycles. The van der Waals surface area contributed by atoms with Gasteiger partial charge in [0.15, 0.2) is 0 Å². The zero-order chi connectivity index (χ0) is 17.7. The largest absolute Gasteiger partial charge is 0.434 e. The lowest BCUT2D eigenvalue weighted by Gasteiger charge is -2.43. The third kappa shape index (κ3) is 6.35. The lowest BCUT2D eigenvalue weighted by Crippen LogP contribution is -2.51. The fraction of sp³-hybridized carbons (Fsp3) is 0.929. The van der Waals surface area contributed by atoms with E-state index in [0.29, 0.717) is 0 Å². The molecule has 0 aliphatic heterocycles. The van der Waals surface area contributed by atoms with Gasteiger partial charge in [0.25, 0.3) is 10.1 Å². The molecule has 0 saturated carbocycles. The van der Waals surface area contributed by atoms with E-state index in [9.17, 15) is 13.2 Å². The van der Waals surface area contributed by atoms with Gasteiger partial charge >= 0.3 is 5.97 Å². The van der Waals surface area contributed by atoms with Gasteiger partial charge in [0.05, 0.1) is 6.26 Å². The van der Waals surface area contributed by atoms with Gasteiger partial charge in [0.2, 0.25) is 14.6 Å². The fourth-order valence-electron chi connectivity index (χ4n) is 3.09. The van der Waals surface area contributed by atoms with Crippen molar-refractivity contribution < 1.29 is 26.6 Å². The van der Waals surface area contributed by atoms with Crippen molar-refractivity contribution in [2.45, 2.75) is 71.4 Å². The summed E-state index contributed by atoms with van der Waals surface area (Å²) in [6.45, 7) is 13.5. The molecule has 0 aliphatic carbocycles. The number of rotatable bonds is 9. The number of hydrogen-bond acceptors (Lipinski definition) is 6. The third-order valence-corrected chi connectivity index (χ3v) is 10.4. The minimum Gasteiger partial charge on any atom is -0.434 e. The predicted molar refractivity (Wildman–Crippen MR) is 88.5 cm³/mol. The Morgan fingerprint density at radius 2 is 1.41 bits per heavy atom. The van der Waals surface area contributed by atoms with Crippen molar-refractivity contribution in [1.29, 1.82) is 0 Å². The first-order valence-corrected chi connectivity index (χ1v) is 11.5. The van der Waals surface area contributed by atoms with Crippen LogP contribution in [0, 0.1) is 0 Å². The molecule has 0 rings (SSSR count). The number of esters is 1. The minimum atomic E-state index is -3.63. The van der Waals surface area contributed by atoms with Crippen molar-refractivity contribution in [3.63, 3.8) is 0 Å². The van der Waals surface area contributed by atoms with Crippen LogP contribution in [0.25, 0.3) is 0 Å². The first kappa shape index (κ1) is 21.6. The zero-order valence-corrected chi connectivity index (χ0v) is 16.7. The van der Waals surface area contributed by atoms with Gasteiger partial charge in [-0.05, 0) is 16.6 Å². The van der Waals surface area contributed by atoms with Crippen LogP contribution >= 0.6 is 0 Å². The molecule has 1 unspecified atom stereocenters. The topological polar surface area (TPSA) is 78.9 Å². The molecule has 132 valence electrons. The second-order valence-corrected chi connectivity index (χ2v) is 13.5. The van der Waals surface area contributed by atoms with Gasteiger partial charge in [0, 0.05) is 6.92 Å². The number of ether oxygens (including phenoxy) is 1. The van der Waals surface area contributed by atoms with E-state index in [-0.39, 0.29) is 23.2 Å². The van der Waals surface area contributed by atoms with Gasteiger partial charge in [-0.1, -0.05) is 41.5 Å². The molecule has 6 nitrogen and oxygen atoms in total. The van der Waals surface area contributed by atoms with Crippen molar-refractivity contribution in [3.8, 4) is 0 Å². The van der Waals surface area contributed by atoms with E-state index in [1.54, 1.807) is 0 Å². The molecule has 0 fully saturated rings. The first-order chi connectivity index (χ1) is 9.82. The van der Waals surface area contributed by atoms with Gasteiger partial charge in [-0.15, -0.1) is 0 Å². The molecule has 0 aromatic rings. The summed E-state index contributed by atoms with van der Waals surface area (Å²) >= 11 is 0. The molecular weight excluding hydrogens is 324 g/mol. The van der Waals surface area contributed by atoms with Crippen LogP contribution in [0.3, 0.4) is 0 Å². The molecule has 0 amide bonds. The first-order valence-electron chi connectivity index (χ1n) is 7.52. The van der Waals surface area contributed by atoms with E-state index >= 15 is 0 Å². The molecule has 0 saturated heterocycles. The average molecular weight is 355 g/mol.